The Labute approximate surface area is 351 Å². The molecule has 1 N–H and O–H groups in total. The third kappa shape index (κ3) is 8.34. The second-order valence-electron chi connectivity index (χ2n) is 16.5. The summed E-state index contributed by atoms with van der Waals surface area (Å²) in [5, 5.41) is 13.4. The summed E-state index contributed by atoms with van der Waals surface area (Å²) in [5.74, 6) is 0.962. The van der Waals surface area contributed by atoms with Crippen molar-refractivity contribution in [2.24, 2.45) is 0 Å². The first-order valence-corrected chi connectivity index (χ1v) is 19.2. The molecule has 0 aliphatic rings. The predicted octanol–water partition coefficient (Wildman–Crippen LogP) is 13.9. The Bertz CT molecular complexity index is 2640. The van der Waals surface area contributed by atoms with Crippen molar-refractivity contribution in [3.8, 4) is 50.5 Å². The zero-order chi connectivity index (χ0) is 39.0. The van der Waals surface area contributed by atoms with Gasteiger partial charge in [0.2, 0.25) is 0 Å². The number of aromatic nitrogens is 2. The molecular weight excluding hydrogens is 878 g/mol. The quantitative estimate of drug-likeness (QED) is 0.162. The van der Waals surface area contributed by atoms with Crippen LogP contribution in [0.5, 0.6) is 5.75 Å². The Morgan fingerprint density at radius 1 is 0.544 bits per heavy atom. The second kappa shape index (κ2) is 16.0. The maximum Gasteiger partial charge on any atom is 0.136 e. The first-order chi connectivity index (χ1) is 26.9. The Kier molecular flexibility index (Phi) is 11.0. The summed E-state index contributed by atoms with van der Waals surface area (Å²) in [4.78, 5) is 12.4. The summed E-state index contributed by atoms with van der Waals surface area (Å²) in [6.45, 7) is 13.6. The SMILES string of the molecule is CC(C)(C)c1cc(-c2cc(-c3[c-]c(N(c4ccccn4)c4cccc5ccccc45)cc(-c4ccccc4)c3)nc(-c3ccccc3O)c2)cc(C(C)(C)C)c1.[Pt]. The van der Waals surface area contributed by atoms with E-state index in [0.717, 1.165) is 61.5 Å². The average molecular weight is 924 g/mol. The number of benzene rings is 6. The van der Waals surface area contributed by atoms with Crippen LogP contribution in [0.4, 0.5) is 17.2 Å². The van der Waals surface area contributed by atoms with Gasteiger partial charge >= 0.3 is 0 Å². The maximum atomic E-state index is 11.2. The molecule has 0 spiro atoms. The first kappa shape index (κ1) is 39.4. The van der Waals surface area contributed by atoms with Crippen molar-refractivity contribution in [2.45, 2.75) is 52.4 Å². The second-order valence-corrected chi connectivity index (χ2v) is 16.5. The van der Waals surface area contributed by atoms with E-state index in [0.29, 0.717) is 11.3 Å². The number of hydrogen-bond donors (Lipinski definition) is 1. The third-order valence-corrected chi connectivity index (χ3v) is 10.4. The minimum atomic E-state index is -0.0599. The topological polar surface area (TPSA) is 49.2 Å². The van der Waals surface area contributed by atoms with Gasteiger partial charge in [-0.1, -0.05) is 156 Å². The summed E-state index contributed by atoms with van der Waals surface area (Å²) in [5.41, 5.74) is 11.4. The van der Waals surface area contributed by atoms with Gasteiger partial charge in [-0.25, -0.2) is 4.98 Å². The molecule has 0 aliphatic carbocycles. The molecule has 8 aromatic rings. The minimum absolute atomic E-state index is 0. The van der Waals surface area contributed by atoms with Crippen LogP contribution in [0.2, 0.25) is 0 Å². The number of pyridine rings is 2. The summed E-state index contributed by atoms with van der Waals surface area (Å²) < 4.78 is 0. The molecule has 286 valence electrons. The predicted molar refractivity (Wildman–Crippen MR) is 234 cm³/mol. The number of hydrogen-bond acceptors (Lipinski definition) is 4. The van der Waals surface area contributed by atoms with Crippen LogP contribution >= 0.6 is 0 Å². The van der Waals surface area contributed by atoms with E-state index in [-0.39, 0.29) is 37.6 Å². The van der Waals surface area contributed by atoms with Gasteiger partial charge in [-0.3, -0.25) is 4.98 Å². The third-order valence-electron chi connectivity index (χ3n) is 10.4. The van der Waals surface area contributed by atoms with Crippen molar-refractivity contribution in [1.29, 1.82) is 0 Å². The summed E-state index contributed by atoms with van der Waals surface area (Å²) >= 11 is 0. The summed E-state index contributed by atoms with van der Waals surface area (Å²) in [7, 11) is 0. The molecule has 0 amide bonds. The van der Waals surface area contributed by atoms with Crippen molar-refractivity contribution in [3.05, 3.63) is 181 Å². The van der Waals surface area contributed by atoms with Crippen molar-refractivity contribution < 1.29 is 26.2 Å². The normalized spacial score (nSPS) is 11.6. The van der Waals surface area contributed by atoms with Gasteiger partial charge in [0.15, 0.2) is 0 Å². The van der Waals surface area contributed by atoms with Gasteiger partial charge in [-0.05, 0) is 91.8 Å². The standard InChI is InChI=1S/C52H46N3O.Pt/c1-51(2,3)41-28-38(29-42(34-41)52(4,5)6)39-32-46(54-47(33-39)45-22-12-13-24-49(45)56)40-27-37(35-17-8-7-9-18-35)30-43(31-40)55(50-25-14-15-26-53-50)48-23-16-20-36-19-10-11-21-44(36)48;/h7-30,32-34,56H,1-6H3;/q-1;. The average Bonchev–Trinajstić information content (AvgIpc) is 3.21. The van der Waals surface area contributed by atoms with Gasteiger partial charge in [0, 0.05) is 38.2 Å². The fourth-order valence-corrected chi connectivity index (χ4v) is 7.20. The molecule has 2 aromatic heterocycles. The minimum Gasteiger partial charge on any atom is -0.507 e. The monoisotopic (exact) mass is 923 g/mol. The Hall–Kier alpha value is -5.83. The van der Waals surface area contributed by atoms with Crippen LogP contribution in [0.3, 0.4) is 0 Å². The molecule has 0 bridgehead atoms. The van der Waals surface area contributed by atoms with Crippen LogP contribution in [0, 0.1) is 6.07 Å². The smallest absolute Gasteiger partial charge is 0.136 e. The van der Waals surface area contributed by atoms with Crippen molar-refractivity contribution in [1.82, 2.24) is 9.97 Å². The van der Waals surface area contributed by atoms with E-state index >= 15 is 0 Å². The number of phenolic OH excluding ortho intramolecular Hbond substituents is 1. The van der Waals surface area contributed by atoms with Gasteiger partial charge < -0.3 is 10.0 Å². The van der Waals surface area contributed by atoms with E-state index in [2.05, 4.69) is 162 Å². The van der Waals surface area contributed by atoms with E-state index < -0.39 is 0 Å². The largest absolute Gasteiger partial charge is 0.507 e. The van der Waals surface area contributed by atoms with Crippen LogP contribution in [0.25, 0.3) is 55.5 Å². The molecule has 0 saturated carbocycles. The molecule has 0 fully saturated rings. The van der Waals surface area contributed by atoms with E-state index in [1.54, 1.807) is 6.07 Å². The molecule has 0 atom stereocenters. The zero-order valence-electron chi connectivity index (χ0n) is 33.2. The summed E-state index contributed by atoms with van der Waals surface area (Å²) in [6, 6.07) is 58.1. The van der Waals surface area contributed by atoms with E-state index in [4.69, 9.17) is 9.97 Å². The Morgan fingerprint density at radius 2 is 1.16 bits per heavy atom. The maximum absolute atomic E-state index is 11.2. The first-order valence-electron chi connectivity index (χ1n) is 19.2. The van der Waals surface area contributed by atoms with Gasteiger partial charge in [0.05, 0.1) is 11.4 Å². The fourth-order valence-electron chi connectivity index (χ4n) is 7.20. The fraction of sp³-hybridized carbons (Fsp3) is 0.154. The molecule has 0 saturated heterocycles. The molecule has 57 heavy (non-hydrogen) atoms. The number of fused-ring (bicyclic) bond motifs is 1. The van der Waals surface area contributed by atoms with Crippen molar-refractivity contribution >= 4 is 28.0 Å². The molecule has 2 heterocycles. The van der Waals surface area contributed by atoms with E-state index in [1.807, 2.05) is 48.7 Å². The molecule has 0 radical (unpaired) electrons. The van der Waals surface area contributed by atoms with Crippen LogP contribution in [0.1, 0.15) is 52.7 Å². The molecular formula is C52H46N3OPt-. The molecule has 6 aromatic carbocycles. The van der Waals surface area contributed by atoms with Gasteiger partial charge in [0.1, 0.15) is 11.6 Å². The molecule has 8 rings (SSSR count). The number of para-hydroxylation sites is 1. The number of aromatic hydroxyl groups is 1. The van der Waals surface area contributed by atoms with Crippen LogP contribution in [0.15, 0.2) is 164 Å². The van der Waals surface area contributed by atoms with Gasteiger partial charge in [-0.2, -0.15) is 0 Å². The Morgan fingerprint density at radius 3 is 1.86 bits per heavy atom. The van der Waals surface area contributed by atoms with E-state index in [1.165, 1.54) is 11.1 Å². The molecule has 5 heteroatoms. The van der Waals surface area contributed by atoms with Crippen molar-refractivity contribution in [3.63, 3.8) is 0 Å². The van der Waals surface area contributed by atoms with Gasteiger partial charge in [0.25, 0.3) is 0 Å². The van der Waals surface area contributed by atoms with Crippen LogP contribution < -0.4 is 4.90 Å². The molecule has 4 nitrogen and oxygen atoms in total. The zero-order valence-corrected chi connectivity index (χ0v) is 35.5. The molecule has 0 aliphatic heterocycles. The summed E-state index contributed by atoms with van der Waals surface area (Å²) in [6.07, 6.45) is 1.83. The van der Waals surface area contributed by atoms with E-state index in [9.17, 15) is 5.11 Å². The van der Waals surface area contributed by atoms with Crippen LogP contribution in [-0.4, -0.2) is 15.1 Å². The number of nitrogens with zero attached hydrogens (tertiary/aromatic N) is 3. The van der Waals surface area contributed by atoms with Gasteiger partial charge in [-0.15, -0.1) is 23.8 Å². The number of anilines is 3. The number of phenols is 1. The van der Waals surface area contributed by atoms with Crippen molar-refractivity contribution in [2.75, 3.05) is 4.90 Å². The molecule has 0 unspecified atom stereocenters. The Balaban J connectivity index is 0.00000496. The number of rotatable bonds is 7. The van der Waals surface area contributed by atoms with Crippen LogP contribution in [-0.2, 0) is 31.9 Å².